The molecule has 2 amide bonds. The van der Waals surface area contributed by atoms with Crippen molar-refractivity contribution in [3.05, 3.63) is 83.9 Å². The Bertz CT molecular complexity index is 975. The highest BCUT2D eigenvalue weighted by Gasteiger charge is 2.19. The van der Waals surface area contributed by atoms with Gasteiger partial charge in [-0.3, -0.25) is 9.59 Å². The van der Waals surface area contributed by atoms with Gasteiger partial charge in [0.1, 0.15) is 11.5 Å². The van der Waals surface area contributed by atoms with Crippen molar-refractivity contribution in [3.63, 3.8) is 0 Å². The highest BCUT2D eigenvalue weighted by Crippen LogP contribution is 2.23. The molecule has 6 nitrogen and oxygen atoms in total. The molecule has 0 saturated carbocycles. The molecule has 3 rings (SSSR count). The topological polar surface area (TPSA) is 76.7 Å². The smallest absolute Gasteiger partial charge is 0.265 e. The third-order valence-electron chi connectivity index (χ3n) is 4.85. The van der Waals surface area contributed by atoms with E-state index in [4.69, 9.17) is 9.47 Å². The van der Waals surface area contributed by atoms with Crippen LogP contribution in [0.3, 0.4) is 0 Å². The van der Waals surface area contributed by atoms with Gasteiger partial charge in [-0.05, 0) is 64.1 Å². The van der Waals surface area contributed by atoms with E-state index in [9.17, 15) is 9.59 Å². The van der Waals surface area contributed by atoms with Crippen molar-refractivity contribution >= 4 is 23.2 Å². The lowest BCUT2D eigenvalue weighted by atomic mass is 10.2. The number of aryl methyl sites for hydroxylation is 2. The van der Waals surface area contributed by atoms with E-state index in [1.54, 1.807) is 38.1 Å². The number of carbonyl (C=O) groups is 2. The predicted molar refractivity (Wildman–Crippen MR) is 126 cm³/mol. The second-order valence-corrected chi connectivity index (χ2v) is 7.67. The first-order valence-corrected chi connectivity index (χ1v) is 10.5. The summed E-state index contributed by atoms with van der Waals surface area (Å²) in [5.41, 5.74) is 3.18. The third-order valence-corrected chi connectivity index (χ3v) is 4.85. The van der Waals surface area contributed by atoms with Crippen LogP contribution in [0.1, 0.15) is 25.0 Å². The molecule has 0 radical (unpaired) electrons. The van der Waals surface area contributed by atoms with Crippen LogP contribution in [-0.4, -0.2) is 24.0 Å². The minimum Gasteiger partial charge on any atom is -0.481 e. The summed E-state index contributed by atoms with van der Waals surface area (Å²) >= 11 is 0. The molecule has 6 heteroatoms. The van der Waals surface area contributed by atoms with Gasteiger partial charge < -0.3 is 20.1 Å². The number of anilines is 2. The first-order chi connectivity index (χ1) is 15.3. The van der Waals surface area contributed by atoms with E-state index in [2.05, 4.69) is 10.6 Å². The van der Waals surface area contributed by atoms with Crippen molar-refractivity contribution in [2.75, 3.05) is 10.6 Å². The van der Waals surface area contributed by atoms with E-state index >= 15 is 0 Å². The van der Waals surface area contributed by atoms with Gasteiger partial charge in [-0.15, -0.1) is 0 Å². The van der Waals surface area contributed by atoms with E-state index in [1.165, 1.54) is 0 Å². The standard InChI is InChI=1S/C26H28N2O4/c1-17-9-13-21(14-10-17)31-19(3)25(29)27-23-7-5-6-8-24(23)28-26(30)20(4)32-22-15-11-18(2)12-16-22/h5-16,19-20H,1-4H3,(H,27,29)(H,28,30)/t19-,20+. The Balaban J connectivity index is 1.61. The van der Waals surface area contributed by atoms with Crippen LogP contribution >= 0.6 is 0 Å². The molecule has 0 heterocycles. The lowest BCUT2D eigenvalue weighted by molar-refractivity contribution is -0.122. The van der Waals surface area contributed by atoms with Crippen LogP contribution in [0.2, 0.25) is 0 Å². The molecule has 2 atom stereocenters. The molecule has 0 aliphatic carbocycles. The number of hydrogen-bond donors (Lipinski definition) is 2. The lowest BCUT2D eigenvalue weighted by Gasteiger charge is -2.18. The van der Waals surface area contributed by atoms with Crippen molar-refractivity contribution in [2.45, 2.75) is 39.9 Å². The SMILES string of the molecule is Cc1ccc(O[C@@H](C)C(=O)Nc2ccccc2NC(=O)[C@@H](C)Oc2ccc(C)cc2)cc1. The van der Waals surface area contributed by atoms with Crippen molar-refractivity contribution < 1.29 is 19.1 Å². The molecule has 166 valence electrons. The maximum atomic E-state index is 12.7. The number of carbonyl (C=O) groups excluding carboxylic acids is 2. The molecular formula is C26H28N2O4. The van der Waals surface area contributed by atoms with Crippen molar-refractivity contribution in [1.82, 2.24) is 0 Å². The predicted octanol–water partition coefficient (Wildman–Crippen LogP) is 5.12. The van der Waals surface area contributed by atoms with Gasteiger partial charge in [0.15, 0.2) is 12.2 Å². The highest BCUT2D eigenvalue weighted by atomic mass is 16.5. The summed E-state index contributed by atoms with van der Waals surface area (Å²) in [6.07, 6.45) is -1.43. The molecule has 3 aromatic carbocycles. The van der Waals surface area contributed by atoms with E-state index in [0.717, 1.165) is 11.1 Å². The Morgan fingerprint density at radius 2 is 0.969 bits per heavy atom. The second-order valence-electron chi connectivity index (χ2n) is 7.67. The lowest BCUT2D eigenvalue weighted by Crippen LogP contribution is -2.32. The van der Waals surface area contributed by atoms with Crippen LogP contribution in [0.5, 0.6) is 11.5 Å². The van der Waals surface area contributed by atoms with Crippen LogP contribution in [0.15, 0.2) is 72.8 Å². The van der Waals surface area contributed by atoms with Gasteiger partial charge in [-0.2, -0.15) is 0 Å². The number of rotatable bonds is 8. The number of para-hydroxylation sites is 2. The Kier molecular flexibility index (Phi) is 7.49. The summed E-state index contributed by atoms with van der Waals surface area (Å²) in [5, 5.41) is 5.65. The summed E-state index contributed by atoms with van der Waals surface area (Å²) in [6, 6.07) is 22.0. The zero-order valence-electron chi connectivity index (χ0n) is 18.7. The van der Waals surface area contributed by atoms with Gasteiger partial charge in [0, 0.05) is 0 Å². The zero-order valence-corrected chi connectivity index (χ0v) is 18.7. The fourth-order valence-electron chi connectivity index (χ4n) is 2.92. The van der Waals surface area contributed by atoms with Crippen LogP contribution < -0.4 is 20.1 Å². The molecule has 0 saturated heterocycles. The molecule has 0 aliphatic heterocycles. The quantitative estimate of drug-likeness (QED) is 0.518. The largest absolute Gasteiger partial charge is 0.481 e. The normalized spacial score (nSPS) is 12.4. The summed E-state index contributed by atoms with van der Waals surface area (Å²) in [7, 11) is 0. The molecule has 0 spiro atoms. The monoisotopic (exact) mass is 432 g/mol. The summed E-state index contributed by atoms with van der Waals surface area (Å²) in [5.74, 6) is 0.580. The van der Waals surface area contributed by atoms with Gasteiger partial charge in [-0.25, -0.2) is 0 Å². The van der Waals surface area contributed by atoms with Gasteiger partial charge in [-0.1, -0.05) is 47.5 Å². The number of benzene rings is 3. The Hall–Kier alpha value is -3.80. The molecule has 2 N–H and O–H groups in total. The van der Waals surface area contributed by atoms with E-state index in [0.29, 0.717) is 22.9 Å². The minimum atomic E-state index is -0.717. The van der Waals surface area contributed by atoms with Crippen LogP contribution in [-0.2, 0) is 9.59 Å². The average Bonchev–Trinajstić information content (AvgIpc) is 2.78. The molecular weight excluding hydrogens is 404 g/mol. The maximum absolute atomic E-state index is 12.7. The molecule has 0 bridgehead atoms. The molecule has 32 heavy (non-hydrogen) atoms. The van der Waals surface area contributed by atoms with Crippen molar-refractivity contribution in [2.24, 2.45) is 0 Å². The van der Waals surface area contributed by atoms with Crippen LogP contribution in [0.25, 0.3) is 0 Å². The number of hydrogen-bond acceptors (Lipinski definition) is 4. The van der Waals surface area contributed by atoms with Crippen molar-refractivity contribution in [1.29, 1.82) is 0 Å². The van der Waals surface area contributed by atoms with Gasteiger partial charge in [0.2, 0.25) is 0 Å². The van der Waals surface area contributed by atoms with Crippen LogP contribution in [0, 0.1) is 13.8 Å². The number of amides is 2. The highest BCUT2D eigenvalue weighted by molar-refractivity contribution is 6.02. The van der Waals surface area contributed by atoms with Crippen LogP contribution in [0.4, 0.5) is 11.4 Å². The molecule has 0 unspecified atom stereocenters. The summed E-state index contributed by atoms with van der Waals surface area (Å²) in [4.78, 5) is 25.3. The van der Waals surface area contributed by atoms with E-state index < -0.39 is 12.2 Å². The Labute approximate surface area is 188 Å². The van der Waals surface area contributed by atoms with E-state index in [-0.39, 0.29) is 11.8 Å². The first kappa shape index (κ1) is 22.9. The molecule has 0 aliphatic rings. The fourth-order valence-corrected chi connectivity index (χ4v) is 2.92. The third kappa shape index (κ3) is 6.35. The Morgan fingerprint density at radius 3 is 1.31 bits per heavy atom. The average molecular weight is 433 g/mol. The van der Waals surface area contributed by atoms with Gasteiger partial charge >= 0.3 is 0 Å². The minimum absolute atomic E-state index is 0.323. The molecule has 3 aromatic rings. The fraction of sp³-hybridized carbons (Fsp3) is 0.231. The molecule has 0 fully saturated rings. The summed E-state index contributed by atoms with van der Waals surface area (Å²) < 4.78 is 11.4. The van der Waals surface area contributed by atoms with Crippen molar-refractivity contribution in [3.8, 4) is 11.5 Å². The maximum Gasteiger partial charge on any atom is 0.265 e. The zero-order chi connectivity index (χ0) is 23.1. The van der Waals surface area contributed by atoms with E-state index in [1.807, 2.05) is 62.4 Å². The van der Waals surface area contributed by atoms with Gasteiger partial charge in [0.05, 0.1) is 11.4 Å². The molecule has 0 aromatic heterocycles. The Morgan fingerprint density at radius 1 is 0.625 bits per heavy atom. The number of nitrogens with one attached hydrogen (secondary N) is 2. The first-order valence-electron chi connectivity index (χ1n) is 10.5. The van der Waals surface area contributed by atoms with Gasteiger partial charge in [0.25, 0.3) is 11.8 Å². The summed E-state index contributed by atoms with van der Waals surface area (Å²) in [6.45, 7) is 7.32. The second kappa shape index (κ2) is 10.5. The number of ether oxygens (including phenoxy) is 2.